The molecule has 0 aromatic heterocycles. The van der Waals surface area contributed by atoms with Crippen LogP contribution in [0.15, 0.2) is 105 Å². The van der Waals surface area contributed by atoms with Gasteiger partial charge in [0.05, 0.1) is 19.8 Å². The van der Waals surface area contributed by atoms with Crippen molar-refractivity contribution < 1.29 is 32.1 Å². The molecular formula is C32H70O7S. The molecule has 3 N–H and O–H groups in total. The second-order valence-corrected chi connectivity index (χ2v) is 6.04. The SMILES string of the molecule is C=C.C=C.C=C.C=C.C=C.C=C.C=C.C=C.CCCCCCCCCCOS(=O)(=O)O.CCOCC.OCCO. The summed E-state index contributed by atoms with van der Waals surface area (Å²) in [5, 5.41) is 15.2. The first-order valence-corrected chi connectivity index (χ1v) is 14.2. The third-order valence-electron chi connectivity index (χ3n) is 2.74. The van der Waals surface area contributed by atoms with Gasteiger partial charge in [-0.3, -0.25) is 4.55 Å². The molecule has 40 heavy (non-hydrogen) atoms. The van der Waals surface area contributed by atoms with Gasteiger partial charge in [0.15, 0.2) is 0 Å². The van der Waals surface area contributed by atoms with Gasteiger partial charge in [-0.1, -0.05) is 51.9 Å². The van der Waals surface area contributed by atoms with E-state index in [0.29, 0.717) is 6.42 Å². The van der Waals surface area contributed by atoms with Crippen LogP contribution < -0.4 is 0 Å². The molecule has 0 bridgehead atoms. The number of hydrogen-bond donors (Lipinski definition) is 3. The van der Waals surface area contributed by atoms with E-state index in [0.717, 1.165) is 26.1 Å². The molecule has 0 aliphatic rings. The summed E-state index contributed by atoms with van der Waals surface area (Å²) in [7, 11) is -4.23. The van der Waals surface area contributed by atoms with E-state index < -0.39 is 10.4 Å². The molecule has 0 aliphatic heterocycles. The normalized spacial score (nSPS) is 7.05. The molecular weight excluding hydrogens is 528 g/mol. The van der Waals surface area contributed by atoms with E-state index in [9.17, 15) is 8.42 Å². The van der Waals surface area contributed by atoms with Crippen LogP contribution in [0.3, 0.4) is 0 Å². The zero-order chi connectivity index (χ0) is 35.1. The van der Waals surface area contributed by atoms with E-state index in [2.05, 4.69) is 116 Å². The quantitative estimate of drug-likeness (QED) is 0.110. The van der Waals surface area contributed by atoms with Gasteiger partial charge in [-0.15, -0.1) is 105 Å². The Hall–Kier alpha value is -2.33. The van der Waals surface area contributed by atoms with Crippen LogP contribution in [0.4, 0.5) is 0 Å². The minimum absolute atomic E-state index is 0.0911. The summed E-state index contributed by atoms with van der Waals surface area (Å²) in [5.41, 5.74) is 0. The number of rotatable bonds is 13. The average molecular weight is 599 g/mol. The molecule has 0 radical (unpaired) electrons. The lowest BCUT2D eigenvalue weighted by molar-refractivity contribution is 0.162. The van der Waals surface area contributed by atoms with Crippen LogP contribution in [0.1, 0.15) is 72.1 Å². The Morgan fingerprint density at radius 3 is 0.925 bits per heavy atom. The Morgan fingerprint density at radius 2 is 0.750 bits per heavy atom. The van der Waals surface area contributed by atoms with Crippen molar-refractivity contribution in [3.8, 4) is 0 Å². The summed E-state index contributed by atoms with van der Waals surface area (Å²) in [6.07, 6.45) is 9.05. The Morgan fingerprint density at radius 1 is 0.500 bits per heavy atom. The number of unbranched alkanes of at least 4 members (excludes halogenated alkanes) is 7. The molecule has 0 fully saturated rings. The molecule has 8 heteroatoms. The van der Waals surface area contributed by atoms with Crippen LogP contribution in [0.25, 0.3) is 0 Å². The highest BCUT2D eigenvalue weighted by molar-refractivity contribution is 7.80. The standard InChI is InChI=1S/C10H22O4S.C4H10O.C2H6O2.8C2H4/c1-2-3-4-5-6-7-8-9-10-14-15(11,12)13;1-3-5-4-2;3-1-2-4;8*1-2/h2-10H2,1H3,(H,11,12,13);3-4H2,1-2H3;3-4H,1-2H2;8*1-2H2. The van der Waals surface area contributed by atoms with Crippen molar-refractivity contribution in [3.05, 3.63) is 105 Å². The molecule has 0 rings (SSSR count). The predicted octanol–water partition coefficient (Wildman–Crippen LogP) is 9.38. The van der Waals surface area contributed by atoms with Gasteiger partial charge >= 0.3 is 10.4 Å². The summed E-state index contributed by atoms with van der Waals surface area (Å²) in [6, 6.07) is 0. The Labute approximate surface area is 252 Å². The third-order valence-corrected chi connectivity index (χ3v) is 3.20. The molecule has 0 saturated heterocycles. The first-order valence-electron chi connectivity index (χ1n) is 12.8. The summed E-state index contributed by atoms with van der Waals surface area (Å²) in [6.45, 7) is 55.7. The van der Waals surface area contributed by atoms with Crippen molar-refractivity contribution >= 4 is 10.4 Å². The van der Waals surface area contributed by atoms with Gasteiger partial charge in [-0.25, -0.2) is 4.18 Å². The molecule has 7 nitrogen and oxygen atoms in total. The lowest BCUT2D eigenvalue weighted by Gasteiger charge is -2.01. The predicted molar refractivity (Wildman–Crippen MR) is 186 cm³/mol. The number of aliphatic hydroxyl groups is 2. The minimum Gasteiger partial charge on any atom is -0.394 e. The topological polar surface area (TPSA) is 113 Å². The molecule has 0 aromatic rings. The third kappa shape index (κ3) is 267. The first kappa shape index (κ1) is 71.2. The maximum absolute atomic E-state index is 10.2. The van der Waals surface area contributed by atoms with Gasteiger partial charge in [-0.2, -0.15) is 8.42 Å². The zero-order valence-corrected chi connectivity index (χ0v) is 27.7. The van der Waals surface area contributed by atoms with Crippen LogP contribution in [-0.2, 0) is 19.3 Å². The van der Waals surface area contributed by atoms with Gasteiger partial charge in [-0.05, 0) is 20.3 Å². The van der Waals surface area contributed by atoms with E-state index >= 15 is 0 Å². The van der Waals surface area contributed by atoms with Crippen LogP contribution in [-0.4, -0.2) is 56.2 Å². The number of hydrogen-bond acceptors (Lipinski definition) is 6. The molecule has 0 atom stereocenters. The van der Waals surface area contributed by atoms with Crippen LogP contribution >= 0.6 is 0 Å². The second kappa shape index (κ2) is 134. The summed E-state index contributed by atoms with van der Waals surface area (Å²) < 4.78 is 37.6. The molecule has 0 aromatic carbocycles. The van der Waals surface area contributed by atoms with E-state index in [1.165, 1.54) is 32.1 Å². The first-order chi connectivity index (χ1) is 19.4. The fourth-order valence-corrected chi connectivity index (χ4v) is 1.93. The van der Waals surface area contributed by atoms with Crippen LogP contribution in [0.2, 0.25) is 0 Å². The molecule has 0 saturated carbocycles. The van der Waals surface area contributed by atoms with E-state index in [-0.39, 0.29) is 19.8 Å². The van der Waals surface area contributed by atoms with Crippen LogP contribution in [0, 0.1) is 0 Å². The van der Waals surface area contributed by atoms with Gasteiger partial charge in [0.25, 0.3) is 0 Å². The molecule has 0 amide bonds. The largest absolute Gasteiger partial charge is 0.397 e. The van der Waals surface area contributed by atoms with Crippen molar-refractivity contribution in [3.63, 3.8) is 0 Å². The van der Waals surface area contributed by atoms with Crippen molar-refractivity contribution in [2.75, 3.05) is 33.0 Å². The molecule has 0 heterocycles. The van der Waals surface area contributed by atoms with Gasteiger partial charge in [0.1, 0.15) is 0 Å². The van der Waals surface area contributed by atoms with Crippen molar-refractivity contribution in [1.82, 2.24) is 0 Å². The number of aliphatic hydroxyl groups excluding tert-OH is 2. The summed E-state index contributed by atoms with van der Waals surface area (Å²) in [4.78, 5) is 0. The maximum Gasteiger partial charge on any atom is 0.397 e. The zero-order valence-electron chi connectivity index (χ0n) is 26.9. The Balaban J connectivity index is -0.0000000312. The monoisotopic (exact) mass is 598 g/mol. The van der Waals surface area contributed by atoms with Crippen LogP contribution in [0.5, 0.6) is 0 Å². The van der Waals surface area contributed by atoms with Crippen molar-refractivity contribution in [1.29, 1.82) is 0 Å². The fourth-order valence-electron chi connectivity index (χ4n) is 1.60. The molecule has 0 aliphatic carbocycles. The highest BCUT2D eigenvalue weighted by Crippen LogP contribution is 2.08. The minimum atomic E-state index is -4.23. The fraction of sp³-hybridized carbons (Fsp3) is 0.500. The number of ether oxygens (including phenoxy) is 1. The smallest absolute Gasteiger partial charge is 0.394 e. The molecule has 246 valence electrons. The highest BCUT2D eigenvalue weighted by Gasteiger charge is 2.02. The average Bonchev–Trinajstić information content (AvgIpc) is 3.04. The maximum atomic E-state index is 10.2. The summed E-state index contributed by atoms with van der Waals surface area (Å²) in [5.74, 6) is 0. The lowest BCUT2D eigenvalue weighted by atomic mass is 10.1. The van der Waals surface area contributed by atoms with E-state index in [1.807, 2.05) is 13.8 Å². The van der Waals surface area contributed by atoms with Gasteiger partial charge in [0, 0.05) is 13.2 Å². The van der Waals surface area contributed by atoms with Crippen molar-refractivity contribution in [2.24, 2.45) is 0 Å². The van der Waals surface area contributed by atoms with Gasteiger partial charge < -0.3 is 14.9 Å². The lowest BCUT2D eigenvalue weighted by Crippen LogP contribution is -2.04. The van der Waals surface area contributed by atoms with E-state index in [1.54, 1.807) is 0 Å². The Kier molecular flexibility index (Phi) is 238. The van der Waals surface area contributed by atoms with Crippen molar-refractivity contribution in [2.45, 2.75) is 72.1 Å². The Bertz CT molecular complexity index is 378. The molecule has 0 spiro atoms. The van der Waals surface area contributed by atoms with Gasteiger partial charge in [0.2, 0.25) is 0 Å². The second-order valence-electron chi connectivity index (χ2n) is 4.95. The summed E-state index contributed by atoms with van der Waals surface area (Å²) >= 11 is 0. The van der Waals surface area contributed by atoms with E-state index in [4.69, 9.17) is 19.5 Å². The highest BCUT2D eigenvalue weighted by atomic mass is 32.3. The molecule has 0 unspecified atom stereocenters.